The summed E-state index contributed by atoms with van der Waals surface area (Å²) in [4.78, 5) is 37.8. The first-order chi connectivity index (χ1) is 13.5. The monoisotopic (exact) mass is 386 g/mol. The molecule has 8 nitrogen and oxygen atoms in total. The fraction of sp³-hybridized carbons (Fsp3) is 0.550. The molecule has 1 unspecified atom stereocenters. The van der Waals surface area contributed by atoms with Crippen LogP contribution in [0.15, 0.2) is 18.2 Å². The van der Waals surface area contributed by atoms with Gasteiger partial charge in [0.2, 0.25) is 11.8 Å². The van der Waals surface area contributed by atoms with E-state index in [2.05, 4.69) is 16.0 Å². The van der Waals surface area contributed by atoms with Gasteiger partial charge in [-0.1, -0.05) is 12.1 Å². The third kappa shape index (κ3) is 3.80. The zero-order chi connectivity index (χ0) is 19.7. The summed E-state index contributed by atoms with van der Waals surface area (Å²) in [7, 11) is 1.74. The molecule has 4 rings (SSSR count). The normalized spacial score (nSPS) is 27.7. The van der Waals surface area contributed by atoms with Crippen molar-refractivity contribution in [2.75, 3.05) is 20.2 Å². The second kappa shape index (κ2) is 7.98. The molecule has 3 amide bonds. The summed E-state index contributed by atoms with van der Waals surface area (Å²) < 4.78 is 5.43. The molecular formula is C20H26N4O4. The van der Waals surface area contributed by atoms with Crippen molar-refractivity contribution in [2.45, 2.75) is 50.5 Å². The summed E-state index contributed by atoms with van der Waals surface area (Å²) in [6, 6.07) is 5.61. The van der Waals surface area contributed by atoms with Crippen LogP contribution in [0.4, 0.5) is 0 Å². The molecule has 0 aliphatic carbocycles. The minimum atomic E-state index is -0.571. The van der Waals surface area contributed by atoms with Gasteiger partial charge >= 0.3 is 0 Å². The number of amides is 3. The van der Waals surface area contributed by atoms with Crippen LogP contribution in [0.1, 0.15) is 40.7 Å². The van der Waals surface area contributed by atoms with Crippen LogP contribution in [0.3, 0.4) is 0 Å². The Bertz CT molecular complexity index is 796. The first-order valence-corrected chi connectivity index (χ1v) is 9.78. The average Bonchev–Trinajstić information content (AvgIpc) is 3.02. The van der Waals surface area contributed by atoms with Crippen molar-refractivity contribution >= 4 is 17.7 Å². The molecule has 3 aliphatic heterocycles. The summed E-state index contributed by atoms with van der Waals surface area (Å²) in [6.07, 6.45) is 1.85. The van der Waals surface area contributed by atoms with E-state index in [0.29, 0.717) is 31.1 Å². The lowest BCUT2D eigenvalue weighted by Crippen LogP contribution is -2.52. The topological polar surface area (TPSA) is 99.8 Å². The largest absolute Gasteiger partial charge is 0.380 e. The molecule has 0 radical (unpaired) electrons. The molecule has 0 saturated carbocycles. The third-order valence-electron chi connectivity index (χ3n) is 5.83. The second-order valence-electron chi connectivity index (χ2n) is 7.72. The van der Waals surface area contributed by atoms with Crippen molar-refractivity contribution < 1.29 is 19.1 Å². The smallest absolute Gasteiger partial charge is 0.255 e. The highest BCUT2D eigenvalue weighted by Crippen LogP contribution is 2.28. The van der Waals surface area contributed by atoms with Gasteiger partial charge in [-0.3, -0.25) is 19.7 Å². The Morgan fingerprint density at radius 2 is 2.11 bits per heavy atom. The Labute approximate surface area is 164 Å². The number of hydrogen-bond donors (Lipinski definition) is 3. The number of ether oxygens (including phenoxy) is 1. The quantitative estimate of drug-likeness (QED) is 0.612. The van der Waals surface area contributed by atoms with Gasteiger partial charge in [-0.05, 0) is 30.0 Å². The fourth-order valence-corrected chi connectivity index (χ4v) is 4.24. The van der Waals surface area contributed by atoms with E-state index < -0.39 is 6.04 Å². The molecule has 3 atom stereocenters. The van der Waals surface area contributed by atoms with Crippen molar-refractivity contribution in [3.63, 3.8) is 0 Å². The molecule has 0 spiro atoms. The number of benzene rings is 1. The third-order valence-corrected chi connectivity index (χ3v) is 5.83. The van der Waals surface area contributed by atoms with E-state index in [1.54, 1.807) is 12.0 Å². The van der Waals surface area contributed by atoms with E-state index in [-0.39, 0.29) is 30.2 Å². The molecular weight excluding hydrogens is 360 g/mol. The van der Waals surface area contributed by atoms with Gasteiger partial charge in [0.25, 0.3) is 5.91 Å². The van der Waals surface area contributed by atoms with Crippen LogP contribution < -0.4 is 16.0 Å². The number of carbonyl (C=O) groups is 3. The fourth-order valence-electron chi connectivity index (χ4n) is 4.24. The molecule has 8 heteroatoms. The number of nitrogens with one attached hydrogen (secondary N) is 3. The van der Waals surface area contributed by atoms with Gasteiger partial charge in [-0.2, -0.15) is 0 Å². The Hall–Kier alpha value is -2.29. The molecule has 3 heterocycles. The number of hydrogen-bond acceptors (Lipinski definition) is 6. The Balaban J connectivity index is 1.39. The van der Waals surface area contributed by atoms with Gasteiger partial charge < -0.3 is 20.3 Å². The van der Waals surface area contributed by atoms with Crippen LogP contribution in [-0.2, 0) is 27.4 Å². The van der Waals surface area contributed by atoms with Gasteiger partial charge in [0, 0.05) is 51.3 Å². The maximum absolute atomic E-state index is 12.7. The zero-order valence-electron chi connectivity index (χ0n) is 16.0. The van der Waals surface area contributed by atoms with Crippen molar-refractivity contribution in [3.8, 4) is 0 Å². The number of fused-ring (bicyclic) bond motifs is 1. The van der Waals surface area contributed by atoms with Crippen molar-refractivity contribution in [2.24, 2.45) is 0 Å². The number of imide groups is 1. The number of piperidine rings is 2. The highest BCUT2D eigenvalue weighted by molar-refractivity contribution is 6.05. The highest BCUT2D eigenvalue weighted by atomic mass is 16.5. The van der Waals surface area contributed by atoms with Gasteiger partial charge in [-0.15, -0.1) is 0 Å². The Kier molecular flexibility index (Phi) is 5.43. The van der Waals surface area contributed by atoms with E-state index in [4.69, 9.17) is 4.74 Å². The lowest BCUT2D eigenvalue weighted by atomic mass is 10.0. The summed E-state index contributed by atoms with van der Waals surface area (Å²) in [5.74, 6) is -0.785. The standard InChI is InChI=1S/C20H26N4O4/c1-28-15-7-14(9-21-10-15)22-8-12-2-3-16-13(6-12)11-24(20(16)27)17-4-5-18(25)23-19(17)26/h2-3,6,14-15,17,21-22H,4-5,7-11H2,1H3,(H,23,25,26)/t14-,15+,17?/m1/s1. The molecule has 1 aromatic carbocycles. The molecule has 0 bridgehead atoms. The lowest BCUT2D eigenvalue weighted by Gasteiger charge is -2.30. The molecule has 1 aromatic rings. The van der Waals surface area contributed by atoms with E-state index in [9.17, 15) is 14.4 Å². The van der Waals surface area contributed by atoms with E-state index in [1.807, 2.05) is 18.2 Å². The minimum Gasteiger partial charge on any atom is -0.380 e. The van der Waals surface area contributed by atoms with E-state index in [1.165, 1.54) is 0 Å². The van der Waals surface area contributed by atoms with Crippen LogP contribution >= 0.6 is 0 Å². The first kappa shape index (κ1) is 19.0. The summed E-state index contributed by atoms with van der Waals surface area (Å²) in [6.45, 7) is 2.91. The van der Waals surface area contributed by atoms with Crippen molar-refractivity contribution in [1.29, 1.82) is 0 Å². The second-order valence-corrected chi connectivity index (χ2v) is 7.72. The minimum absolute atomic E-state index is 0.136. The van der Waals surface area contributed by atoms with Crippen LogP contribution in [0, 0.1) is 0 Å². The average molecular weight is 386 g/mol. The van der Waals surface area contributed by atoms with Crippen LogP contribution in [0.25, 0.3) is 0 Å². The molecule has 3 N–H and O–H groups in total. The van der Waals surface area contributed by atoms with Gasteiger partial charge in [0.05, 0.1) is 6.10 Å². The summed E-state index contributed by atoms with van der Waals surface area (Å²) >= 11 is 0. The summed E-state index contributed by atoms with van der Waals surface area (Å²) in [5, 5.41) is 9.25. The van der Waals surface area contributed by atoms with Crippen molar-refractivity contribution in [1.82, 2.24) is 20.9 Å². The van der Waals surface area contributed by atoms with Gasteiger partial charge in [0.1, 0.15) is 6.04 Å². The molecule has 2 fully saturated rings. The SMILES string of the molecule is CO[C@@H]1CNC[C@H](NCc2ccc3c(c2)CN(C2CCC(=O)NC2=O)C3=O)C1. The maximum Gasteiger partial charge on any atom is 0.255 e. The molecule has 150 valence electrons. The van der Waals surface area contributed by atoms with Crippen LogP contribution in [0.2, 0.25) is 0 Å². The van der Waals surface area contributed by atoms with Crippen LogP contribution in [-0.4, -0.2) is 61.0 Å². The number of nitrogens with zero attached hydrogens (tertiary/aromatic N) is 1. The predicted molar refractivity (Wildman–Crippen MR) is 101 cm³/mol. The number of methoxy groups -OCH3 is 1. The molecule has 28 heavy (non-hydrogen) atoms. The molecule has 0 aromatic heterocycles. The van der Waals surface area contributed by atoms with Gasteiger partial charge in [-0.25, -0.2) is 0 Å². The molecule has 3 aliphatic rings. The number of carbonyl (C=O) groups excluding carboxylic acids is 3. The van der Waals surface area contributed by atoms with E-state index >= 15 is 0 Å². The highest BCUT2D eigenvalue weighted by Gasteiger charge is 2.39. The van der Waals surface area contributed by atoms with Crippen molar-refractivity contribution in [3.05, 3.63) is 34.9 Å². The Morgan fingerprint density at radius 1 is 1.25 bits per heavy atom. The lowest BCUT2D eigenvalue weighted by molar-refractivity contribution is -0.136. The zero-order valence-corrected chi connectivity index (χ0v) is 16.0. The number of rotatable bonds is 5. The Morgan fingerprint density at radius 3 is 2.89 bits per heavy atom. The first-order valence-electron chi connectivity index (χ1n) is 9.78. The van der Waals surface area contributed by atoms with Gasteiger partial charge in [0.15, 0.2) is 0 Å². The predicted octanol–water partition coefficient (Wildman–Crippen LogP) is -0.0859. The molecule has 2 saturated heterocycles. The maximum atomic E-state index is 12.7. The van der Waals surface area contributed by atoms with Crippen LogP contribution in [0.5, 0.6) is 0 Å². The summed E-state index contributed by atoms with van der Waals surface area (Å²) in [5.41, 5.74) is 2.69. The van der Waals surface area contributed by atoms with E-state index in [0.717, 1.165) is 30.6 Å².